The molecule has 100 valence electrons. The molecule has 7 heteroatoms. The van der Waals surface area contributed by atoms with E-state index in [1.54, 1.807) is 6.92 Å². The normalized spacial score (nSPS) is 20.9. The molecule has 1 heterocycles. The fourth-order valence-electron chi connectivity index (χ4n) is 1.40. The van der Waals surface area contributed by atoms with Crippen LogP contribution in [0.15, 0.2) is 0 Å². The number of hydrogen-bond acceptors (Lipinski definition) is 5. The van der Waals surface area contributed by atoms with Gasteiger partial charge in [-0.05, 0) is 0 Å². The molecule has 2 N–H and O–H groups in total. The first-order valence-corrected chi connectivity index (χ1v) is 5.31. The molecule has 1 amide bonds. The lowest BCUT2D eigenvalue weighted by molar-refractivity contribution is -0.144. The number of amides is 1. The van der Waals surface area contributed by atoms with Gasteiger partial charge in [0.2, 0.25) is 5.91 Å². The monoisotopic (exact) mass is 266 g/mol. The maximum atomic E-state index is 11.6. The molecule has 0 aromatic heterocycles. The number of carbonyl (C=O) groups excluding carboxylic acids is 2. The summed E-state index contributed by atoms with van der Waals surface area (Å²) in [5, 5.41) is 5.72. The van der Waals surface area contributed by atoms with Gasteiger partial charge in [-0.2, -0.15) is 0 Å². The quantitative estimate of drug-likeness (QED) is 0.660. The molecule has 1 fully saturated rings. The number of nitrogens with one attached hydrogen (secondary N) is 2. The summed E-state index contributed by atoms with van der Waals surface area (Å²) in [6, 6.07) is -0.321. The predicted molar refractivity (Wildman–Crippen MR) is 64.0 cm³/mol. The highest BCUT2D eigenvalue weighted by Gasteiger charge is 2.22. The van der Waals surface area contributed by atoms with Gasteiger partial charge in [0, 0.05) is 13.1 Å². The Morgan fingerprint density at radius 1 is 1.59 bits per heavy atom. The minimum absolute atomic E-state index is 0. The molecule has 6 nitrogen and oxygen atoms in total. The van der Waals surface area contributed by atoms with Crippen LogP contribution in [0.5, 0.6) is 0 Å². The predicted octanol–water partition coefficient (Wildman–Crippen LogP) is -0.678. The fraction of sp³-hybridized carbons (Fsp3) is 0.800. The van der Waals surface area contributed by atoms with Crippen molar-refractivity contribution in [2.24, 2.45) is 5.92 Å². The van der Waals surface area contributed by atoms with Crippen molar-refractivity contribution >= 4 is 24.3 Å². The lowest BCUT2D eigenvalue weighted by Gasteiger charge is -2.23. The summed E-state index contributed by atoms with van der Waals surface area (Å²) < 4.78 is 9.72. The van der Waals surface area contributed by atoms with E-state index in [1.165, 1.54) is 7.11 Å². The molecule has 0 aromatic carbocycles. The number of hydrogen-bond donors (Lipinski definition) is 2. The average Bonchev–Trinajstić information content (AvgIpc) is 2.35. The SMILES string of the molecule is COC(=O)C(C)CNC(=O)C1COCCN1.Cl. The molecule has 2 unspecified atom stereocenters. The Kier molecular flexibility index (Phi) is 7.86. The van der Waals surface area contributed by atoms with Crippen LogP contribution in [-0.4, -0.2) is 51.3 Å². The van der Waals surface area contributed by atoms with Crippen molar-refractivity contribution in [1.82, 2.24) is 10.6 Å². The van der Waals surface area contributed by atoms with Gasteiger partial charge in [0.05, 0.1) is 26.2 Å². The van der Waals surface area contributed by atoms with Crippen molar-refractivity contribution in [3.05, 3.63) is 0 Å². The van der Waals surface area contributed by atoms with Gasteiger partial charge >= 0.3 is 5.97 Å². The summed E-state index contributed by atoms with van der Waals surface area (Å²) in [6.45, 7) is 3.66. The van der Waals surface area contributed by atoms with Gasteiger partial charge in [0.1, 0.15) is 6.04 Å². The largest absolute Gasteiger partial charge is 0.469 e. The molecule has 17 heavy (non-hydrogen) atoms. The van der Waals surface area contributed by atoms with Gasteiger partial charge < -0.3 is 20.1 Å². The molecule has 1 saturated heterocycles. The average molecular weight is 267 g/mol. The van der Waals surface area contributed by atoms with Crippen molar-refractivity contribution in [3.63, 3.8) is 0 Å². The van der Waals surface area contributed by atoms with E-state index >= 15 is 0 Å². The zero-order chi connectivity index (χ0) is 12.0. The molecule has 0 saturated carbocycles. The third-order valence-electron chi connectivity index (χ3n) is 2.42. The second-order valence-corrected chi connectivity index (χ2v) is 3.75. The third-order valence-corrected chi connectivity index (χ3v) is 2.42. The molecular weight excluding hydrogens is 248 g/mol. The van der Waals surface area contributed by atoms with Crippen LogP contribution < -0.4 is 10.6 Å². The van der Waals surface area contributed by atoms with Crippen LogP contribution in [0.1, 0.15) is 6.92 Å². The van der Waals surface area contributed by atoms with Crippen molar-refractivity contribution in [2.45, 2.75) is 13.0 Å². The number of ether oxygens (including phenoxy) is 2. The van der Waals surface area contributed by atoms with Crippen molar-refractivity contribution < 1.29 is 19.1 Å². The van der Waals surface area contributed by atoms with E-state index in [-0.39, 0.29) is 42.8 Å². The van der Waals surface area contributed by atoms with E-state index in [9.17, 15) is 9.59 Å². The number of rotatable bonds is 4. The van der Waals surface area contributed by atoms with Crippen LogP contribution in [0.2, 0.25) is 0 Å². The van der Waals surface area contributed by atoms with Crippen LogP contribution in [0, 0.1) is 5.92 Å². The second-order valence-electron chi connectivity index (χ2n) is 3.75. The highest BCUT2D eigenvalue weighted by Crippen LogP contribution is 1.97. The smallest absolute Gasteiger partial charge is 0.310 e. The van der Waals surface area contributed by atoms with Crippen LogP contribution in [0.4, 0.5) is 0 Å². The summed E-state index contributed by atoms with van der Waals surface area (Å²) in [6.07, 6.45) is 0. The summed E-state index contributed by atoms with van der Waals surface area (Å²) in [4.78, 5) is 22.7. The Hall–Kier alpha value is -0.850. The number of carbonyl (C=O) groups is 2. The lowest BCUT2D eigenvalue weighted by atomic mass is 10.2. The summed E-state index contributed by atoms with van der Waals surface area (Å²) in [7, 11) is 1.33. The van der Waals surface area contributed by atoms with Gasteiger partial charge in [-0.25, -0.2) is 0 Å². The maximum Gasteiger partial charge on any atom is 0.310 e. The number of morpholine rings is 1. The van der Waals surface area contributed by atoms with E-state index in [4.69, 9.17) is 4.74 Å². The Morgan fingerprint density at radius 3 is 2.82 bits per heavy atom. The molecular formula is C10H19ClN2O4. The topological polar surface area (TPSA) is 76.7 Å². The maximum absolute atomic E-state index is 11.6. The van der Waals surface area contributed by atoms with Gasteiger partial charge in [-0.3, -0.25) is 9.59 Å². The van der Waals surface area contributed by atoms with Crippen molar-refractivity contribution in [1.29, 1.82) is 0 Å². The minimum atomic E-state index is -0.335. The molecule has 0 spiro atoms. The molecule has 1 aliphatic heterocycles. The summed E-state index contributed by atoms with van der Waals surface area (Å²) in [5.74, 6) is -0.804. The molecule has 1 aliphatic rings. The third kappa shape index (κ3) is 5.34. The molecule has 0 radical (unpaired) electrons. The zero-order valence-corrected chi connectivity index (χ0v) is 10.8. The Bertz CT molecular complexity index is 257. The highest BCUT2D eigenvalue weighted by molar-refractivity contribution is 5.85. The highest BCUT2D eigenvalue weighted by atomic mass is 35.5. The number of methoxy groups -OCH3 is 1. The lowest BCUT2D eigenvalue weighted by Crippen LogP contribution is -2.52. The van der Waals surface area contributed by atoms with Gasteiger partial charge in [-0.15, -0.1) is 12.4 Å². The molecule has 0 bridgehead atoms. The first-order chi connectivity index (χ1) is 7.65. The van der Waals surface area contributed by atoms with E-state index in [2.05, 4.69) is 15.4 Å². The van der Waals surface area contributed by atoms with Crippen LogP contribution >= 0.6 is 12.4 Å². The van der Waals surface area contributed by atoms with Crippen molar-refractivity contribution in [2.75, 3.05) is 33.4 Å². The number of halogens is 1. The van der Waals surface area contributed by atoms with E-state index in [1.807, 2.05) is 0 Å². The molecule has 2 atom stereocenters. The van der Waals surface area contributed by atoms with Gasteiger partial charge in [-0.1, -0.05) is 6.92 Å². The first-order valence-electron chi connectivity index (χ1n) is 5.31. The van der Waals surface area contributed by atoms with E-state index in [0.29, 0.717) is 19.8 Å². The standard InChI is InChI=1S/C10H18N2O4.ClH/c1-7(10(14)15-2)5-12-9(13)8-6-16-4-3-11-8;/h7-8,11H,3-6H2,1-2H3,(H,12,13);1H. The van der Waals surface area contributed by atoms with Crippen LogP contribution in [0.25, 0.3) is 0 Å². The Labute approximate surface area is 107 Å². The van der Waals surface area contributed by atoms with Gasteiger partial charge in [0.25, 0.3) is 0 Å². The van der Waals surface area contributed by atoms with Crippen LogP contribution in [-0.2, 0) is 19.1 Å². The minimum Gasteiger partial charge on any atom is -0.469 e. The Balaban J connectivity index is 0.00000256. The molecule has 1 rings (SSSR count). The van der Waals surface area contributed by atoms with E-state index in [0.717, 1.165) is 0 Å². The summed E-state index contributed by atoms with van der Waals surface area (Å²) in [5.41, 5.74) is 0. The first kappa shape index (κ1) is 16.1. The second kappa shape index (κ2) is 8.27. The number of esters is 1. The van der Waals surface area contributed by atoms with E-state index < -0.39 is 0 Å². The van der Waals surface area contributed by atoms with Gasteiger partial charge in [0.15, 0.2) is 0 Å². The Morgan fingerprint density at radius 2 is 2.29 bits per heavy atom. The summed E-state index contributed by atoms with van der Waals surface area (Å²) >= 11 is 0. The molecule has 0 aliphatic carbocycles. The van der Waals surface area contributed by atoms with Crippen molar-refractivity contribution in [3.8, 4) is 0 Å². The fourth-order valence-corrected chi connectivity index (χ4v) is 1.40. The van der Waals surface area contributed by atoms with Crippen LogP contribution in [0.3, 0.4) is 0 Å². The molecule has 0 aromatic rings. The zero-order valence-electron chi connectivity index (χ0n) is 10.0.